The lowest BCUT2D eigenvalue weighted by molar-refractivity contribution is 0.108. The molecule has 1 aliphatic heterocycles. The Bertz CT molecular complexity index is 1420. The number of hydrogen-bond acceptors (Lipinski definition) is 5. The zero-order valence-electron chi connectivity index (χ0n) is 19.3. The molecule has 172 valence electrons. The standard InChI is InChI=1S/C27H28N6O/c1-32-12-14-33(15-13-32)21-10-11-22-24(16-21)29-27(28-22)26-25-20(8-5-9-23(25)30-31-26)18-34-17-19-6-3-2-4-7-19/h2-11,16H,12-15,17-18H2,1H3,(H,28,29)(H,30,31). The van der Waals surface area contributed by atoms with Crippen molar-refractivity contribution >= 4 is 27.6 Å². The summed E-state index contributed by atoms with van der Waals surface area (Å²) in [6.45, 7) is 5.33. The van der Waals surface area contributed by atoms with Gasteiger partial charge in [-0.2, -0.15) is 5.10 Å². The number of benzene rings is 3. The number of piperazine rings is 1. The first-order valence-electron chi connectivity index (χ1n) is 11.8. The first-order chi connectivity index (χ1) is 16.7. The number of rotatable bonds is 6. The molecule has 1 fully saturated rings. The molecule has 7 heteroatoms. The van der Waals surface area contributed by atoms with E-state index in [1.54, 1.807) is 0 Å². The second-order valence-electron chi connectivity index (χ2n) is 8.97. The van der Waals surface area contributed by atoms with Crippen LogP contribution in [-0.2, 0) is 18.0 Å². The number of aromatic amines is 2. The maximum absolute atomic E-state index is 6.04. The van der Waals surface area contributed by atoms with Gasteiger partial charge in [-0.15, -0.1) is 0 Å². The number of hydrogen-bond donors (Lipinski definition) is 2. The molecule has 0 unspecified atom stereocenters. The van der Waals surface area contributed by atoms with Gasteiger partial charge in [0, 0.05) is 37.3 Å². The minimum absolute atomic E-state index is 0.506. The fourth-order valence-electron chi connectivity index (χ4n) is 4.66. The van der Waals surface area contributed by atoms with Gasteiger partial charge < -0.3 is 19.5 Å². The molecular weight excluding hydrogens is 424 g/mol. The van der Waals surface area contributed by atoms with Crippen molar-refractivity contribution < 1.29 is 4.74 Å². The lowest BCUT2D eigenvalue weighted by atomic mass is 10.1. The van der Waals surface area contributed by atoms with Gasteiger partial charge >= 0.3 is 0 Å². The fourth-order valence-corrected chi connectivity index (χ4v) is 4.66. The van der Waals surface area contributed by atoms with E-state index >= 15 is 0 Å². The van der Waals surface area contributed by atoms with Gasteiger partial charge in [0.2, 0.25) is 0 Å². The number of fused-ring (bicyclic) bond motifs is 2. The van der Waals surface area contributed by atoms with Crippen LogP contribution < -0.4 is 4.90 Å². The highest BCUT2D eigenvalue weighted by molar-refractivity contribution is 5.95. The van der Waals surface area contributed by atoms with Crippen LogP contribution in [0.3, 0.4) is 0 Å². The molecule has 34 heavy (non-hydrogen) atoms. The van der Waals surface area contributed by atoms with E-state index in [0.717, 1.165) is 70.8 Å². The molecule has 2 N–H and O–H groups in total. The van der Waals surface area contributed by atoms with Crippen LogP contribution in [0.2, 0.25) is 0 Å². The molecule has 3 aromatic carbocycles. The lowest BCUT2D eigenvalue weighted by Crippen LogP contribution is -2.44. The first-order valence-corrected chi connectivity index (χ1v) is 11.8. The number of ether oxygens (including phenoxy) is 1. The van der Waals surface area contributed by atoms with Crippen molar-refractivity contribution in [2.45, 2.75) is 13.2 Å². The third kappa shape index (κ3) is 4.04. The SMILES string of the molecule is CN1CCN(c2ccc3nc(-c4n[nH]c5cccc(COCc6ccccc6)c45)[nH]c3c2)CC1. The van der Waals surface area contributed by atoms with E-state index in [1.165, 1.54) is 5.69 Å². The van der Waals surface area contributed by atoms with Crippen LogP contribution >= 0.6 is 0 Å². The highest BCUT2D eigenvalue weighted by Crippen LogP contribution is 2.30. The lowest BCUT2D eigenvalue weighted by Gasteiger charge is -2.34. The van der Waals surface area contributed by atoms with Gasteiger partial charge in [-0.1, -0.05) is 42.5 Å². The predicted octanol–water partition coefficient (Wildman–Crippen LogP) is 4.57. The Morgan fingerprint density at radius 1 is 0.882 bits per heavy atom. The quantitative estimate of drug-likeness (QED) is 0.395. The highest BCUT2D eigenvalue weighted by atomic mass is 16.5. The molecule has 0 aliphatic carbocycles. The van der Waals surface area contributed by atoms with Crippen molar-refractivity contribution in [3.05, 3.63) is 77.9 Å². The second kappa shape index (κ2) is 8.93. The number of likely N-dealkylation sites (N-methyl/N-ethyl adjacent to an activating group) is 1. The minimum Gasteiger partial charge on any atom is -0.372 e. The zero-order chi connectivity index (χ0) is 22.9. The molecule has 1 saturated heterocycles. The Morgan fingerprint density at radius 3 is 2.59 bits per heavy atom. The molecule has 0 radical (unpaired) electrons. The van der Waals surface area contributed by atoms with Crippen molar-refractivity contribution in [1.29, 1.82) is 0 Å². The van der Waals surface area contributed by atoms with Gasteiger partial charge in [0.15, 0.2) is 5.82 Å². The van der Waals surface area contributed by atoms with E-state index < -0.39 is 0 Å². The molecule has 2 aromatic heterocycles. The summed E-state index contributed by atoms with van der Waals surface area (Å²) in [4.78, 5) is 13.2. The van der Waals surface area contributed by atoms with Crippen LogP contribution in [-0.4, -0.2) is 58.3 Å². The summed E-state index contributed by atoms with van der Waals surface area (Å²) in [7, 11) is 2.18. The van der Waals surface area contributed by atoms with E-state index in [9.17, 15) is 0 Å². The molecule has 5 aromatic rings. The number of imidazole rings is 1. The number of nitrogens with zero attached hydrogens (tertiary/aromatic N) is 4. The molecule has 1 aliphatic rings. The topological polar surface area (TPSA) is 73.1 Å². The molecule has 3 heterocycles. The average molecular weight is 453 g/mol. The van der Waals surface area contributed by atoms with Crippen molar-refractivity contribution in [2.75, 3.05) is 38.1 Å². The third-order valence-corrected chi connectivity index (χ3v) is 6.60. The smallest absolute Gasteiger partial charge is 0.159 e. The third-order valence-electron chi connectivity index (χ3n) is 6.60. The average Bonchev–Trinajstić information content (AvgIpc) is 3.49. The number of aromatic nitrogens is 4. The van der Waals surface area contributed by atoms with Crippen molar-refractivity contribution in [1.82, 2.24) is 25.1 Å². The van der Waals surface area contributed by atoms with E-state index in [1.807, 2.05) is 30.3 Å². The van der Waals surface area contributed by atoms with E-state index in [4.69, 9.17) is 9.72 Å². The largest absolute Gasteiger partial charge is 0.372 e. The van der Waals surface area contributed by atoms with Gasteiger partial charge in [-0.05, 0) is 42.4 Å². The summed E-state index contributed by atoms with van der Waals surface area (Å²) < 4.78 is 6.04. The van der Waals surface area contributed by atoms with Crippen molar-refractivity contribution in [3.8, 4) is 11.5 Å². The normalized spacial score (nSPS) is 14.9. The molecular formula is C27H28N6O. The predicted molar refractivity (Wildman–Crippen MR) is 136 cm³/mol. The van der Waals surface area contributed by atoms with Crippen molar-refractivity contribution in [3.63, 3.8) is 0 Å². The summed E-state index contributed by atoms with van der Waals surface area (Å²) >= 11 is 0. The van der Waals surface area contributed by atoms with Gasteiger partial charge in [0.25, 0.3) is 0 Å². The Hall–Kier alpha value is -3.68. The first kappa shape index (κ1) is 20.9. The Morgan fingerprint density at radius 2 is 1.74 bits per heavy atom. The maximum Gasteiger partial charge on any atom is 0.159 e. The Labute approximate surface area is 198 Å². The van der Waals surface area contributed by atoms with Crippen LogP contribution in [0.1, 0.15) is 11.1 Å². The highest BCUT2D eigenvalue weighted by Gasteiger charge is 2.18. The summed E-state index contributed by atoms with van der Waals surface area (Å²) in [6, 6.07) is 22.9. The van der Waals surface area contributed by atoms with Crippen LogP contribution in [0.25, 0.3) is 33.5 Å². The molecule has 0 amide bonds. The number of anilines is 1. The Kier molecular flexibility index (Phi) is 5.49. The second-order valence-corrected chi connectivity index (χ2v) is 8.97. The van der Waals surface area contributed by atoms with Gasteiger partial charge in [0.05, 0.1) is 29.8 Å². The molecule has 0 bridgehead atoms. The van der Waals surface area contributed by atoms with Crippen LogP contribution in [0, 0.1) is 0 Å². The van der Waals surface area contributed by atoms with E-state index in [2.05, 4.69) is 68.4 Å². The monoisotopic (exact) mass is 452 g/mol. The van der Waals surface area contributed by atoms with Crippen LogP contribution in [0.4, 0.5) is 5.69 Å². The summed E-state index contributed by atoms with van der Waals surface area (Å²) in [6.07, 6.45) is 0. The minimum atomic E-state index is 0.506. The molecule has 0 saturated carbocycles. The van der Waals surface area contributed by atoms with Gasteiger partial charge in [-0.25, -0.2) is 4.98 Å². The van der Waals surface area contributed by atoms with Crippen LogP contribution in [0.5, 0.6) is 0 Å². The zero-order valence-corrected chi connectivity index (χ0v) is 19.3. The summed E-state index contributed by atoms with van der Waals surface area (Å²) in [5, 5.41) is 8.84. The summed E-state index contributed by atoms with van der Waals surface area (Å²) in [5.74, 6) is 0.771. The van der Waals surface area contributed by atoms with Crippen molar-refractivity contribution in [2.24, 2.45) is 0 Å². The molecule has 7 nitrogen and oxygen atoms in total. The number of nitrogens with one attached hydrogen (secondary N) is 2. The maximum atomic E-state index is 6.04. The summed E-state index contributed by atoms with van der Waals surface area (Å²) in [5.41, 5.74) is 7.27. The van der Waals surface area contributed by atoms with Gasteiger partial charge in [-0.3, -0.25) is 5.10 Å². The number of H-pyrrole nitrogens is 2. The molecule has 0 atom stereocenters. The molecule has 0 spiro atoms. The Balaban J connectivity index is 1.29. The van der Waals surface area contributed by atoms with Gasteiger partial charge in [0.1, 0.15) is 5.69 Å². The van der Waals surface area contributed by atoms with Crippen LogP contribution in [0.15, 0.2) is 66.7 Å². The molecule has 6 rings (SSSR count). The fraction of sp³-hybridized carbons (Fsp3) is 0.259. The van der Waals surface area contributed by atoms with E-state index in [-0.39, 0.29) is 0 Å². The van der Waals surface area contributed by atoms with E-state index in [0.29, 0.717) is 13.2 Å².